The minimum absolute atomic E-state index is 0.187. The third kappa shape index (κ3) is 2.47. The van der Waals surface area contributed by atoms with E-state index in [1.54, 1.807) is 22.1 Å². The Kier molecular flexibility index (Phi) is 3.33. The van der Waals surface area contributed by atoms with Crippen LogP contribution in [0.15, 0.2) is 6.07 Å². The van der Waals surface area contributed by atoms with Gasteiger partial charge in [-0.2, -0.15) is 5.10 Å². The number of nitrogens with zero attached hydrogens (tertiary/aromatic N) is 3. The van der Waals surface area contributed by atoms with E-state index >= 15 is 0 Å². The molecule has 2 heterocycles. The summed E-state index contributed by atoms with van der Waals surface area (Å²) in [6, 6.07) is 1.78. The average molecular weight is 290 g/mol. The first-order valence-corrected chi connectivity index (χ1v) is 7.65. The Morgan fingerprint density at radius 1 is 1.55 bits per heavy atom. The minimum Gasteiger partial charge on any atom is -0.296 e. The molecule has 3 rings (SSSR count). The molecule has 20 heavy (non-hydrogen) atoms. The third-order valence-electron chi connectivity index (χ3n) is 3.75. The summed E-state index contributed by atoms with van der Waals surface area (Å²) in [5, 5.41) is 7.74. The summed E-state index contributed by atoms with van der Waals surface area (Å²) >= 11 is 1.60. The number of amides is 1. The topological polar surface area (TPSA) is 59.8 Å². The van der Waals surface area contributed by atoms with Gasteiger partial charge < -0.3 is 0 Å². The maximum atomic E-state index is 12.1. The first-order chi connectivity index (χ1) is 9.52. The van der Waals surface area contributed by atoms with Crippen molar-refractivity contribution in [2.75, 3.05) is 5.32 Å². The van der Waals surface area contributed by atoms with E-state index in [4.69, 9.17) is 0 Å². The van der Waals surface area contributed by atoms with Gasteiger partial charge >= 0.3 is 0 Å². The molecule has 1 N–H and O–H groups in total. The summed E-state index contributed by atoms with van der Waals surface area (Å²) in [4.78, 5) is 18.0. The van der Waals surface area contributed by atoms with Crippen molar-refractivity contribution in [3.8, 4) is 0 Å². The zero-order valence-corrected chi connectivity index (χ0v) is 12.8. The molecule has 1 aliphatic rings. The molecule has 1 atom stereocenters. The number of carbonyl (C=O) groups is 1. The van der Waals surface area contributed by atoms with Crippen molar-refractivity contribution >= 4 is 22.4 Å². The summed E-state index contributed by atoms with van der Waals surface area (Å²) in [6.07, 6.45) is 3.28. The van der Waals surface area contributed by atoms with Gasteiger partial charge in [0.05, 0.1) is 5.69 Å². The van der Waals surface area contributed by atoms with Crippen molar-refractivity contribution < 1.29 is 4.79 Å². The molecule has 0 spiro atoms. The standard InChI is InChI=1S/C14H18N4OS/c1-8-4-5-10-12(6-8)20-14(15-10)16-13(19)11-7-9(2)18(3)17-11/h7-8H,4-6H2,1-3H3,(H,15,16,19). The molecule has 106 valence electrons. The van der Waals surface area contributed by atoms with Crippen molar-refractivity contribution in [3.63, 3.8) is 0 Å². The highest BCUT2D eigenvalue weighted by Gasteiger charge is 2.21. The highest BCUT2D eigenvalue weighted by molar-refractivity contribution is 7.15. The van der Waals surface area contributed by atoms with Gasteiger partial charge in [0.25, 0.3) is 5.91 Å². The molecule has 0 aromatic carbocycles. The van der Waals surface area contributed by atoms with Crippen LogP contribution in [0.2, 0.25) is 0 Å². The van der Waals surface area contributed by atoms with Gasteiger partial charge in [-0.25, -0.2) is 4.98 Å². The predicted molar refractivity (Wildman–Crippen MR) is 79.2 cm³/mol. The largest absolute Gasteiger partial charge is 0.296 e. The number of rotatable bonds is 2. The Balaban J connectivity index is 1.76. The minimum atomic E-state index is -0.187. The fourth-order valence-electron chi connectivity index (χ4n) is 2.43. The van der Waals surface area contributed by atoms with Gasteiger partial charge in [0, 0.05) is 17.6 Å². The lowest BCUT2D eigenvalue weighted by Crippen LogP contribution is -2.13. The van der Waals surface area contributed by atoms with Crippen LogP contribution >= 0.6 is 11.3 Å². The van der Waals surface area contributed by atoms with Crippen LogP contribution in [0.1, 0.15) is 40.1 Å². The van der Waals surface area contributed by atoms with Gasteiger partial charge in [-0.05, 0) is 38.2 Å². The van der Waals surface area contributed by atoms with Crippen molar-refractivity contribution in [1.82, 2.24) is 14.8 Å². The monoisotopic (exact) mass is 290 g/mol. The van der Waals surface area contributed by atoms with E-state index in [1.807, 2.05) is 14.0 Å². The Bertz CT molecular complexity index is 639. The lowest BCUT2D eigenvalue weighted by molar-refractivity contribution is 0.102. The van der Waals surface area contributed by atoms with Crippen LogP contribution in [0.3, 0.4) is 0 Å². The smallest absolute Gasteiger partial charge is 0.277 e. The van der Waals surface area contributed by atoms with Gasteiger partial charge in [0.1, 0.15) is 0 Å². The van der Waals surface area contributed by atoms with E-state index in [-0.39, 0.29) is 5.91 Å². The Morgan fingerprint density at radius 2 is 2.35 bits per heavy atom. The van der Waals surface area contributed by atoms with Crippen LogP contribution in [-0.2, 0) is 19.9 Å². The number of carbonyl (C=O) groups excluding carboxylic acids is 1. The van der Waals surface area contributed by atoms with Crippen molar-refractivity contribution in [2.45, 2.75) is 33.1 Å². The molecule has 5 nitrogen and oxygen atoms in total. The summed E-state index contributed by atoms with van der Waals surface area (Å²) < 4.78 is 1.70. The van der Waals surface area contributed by atoms with E-state index in [9.17, 15) is 4.79 Å². The number of nitrogens with one attached hydrogen (secondary N) is 1. The average Bonchev–Trinajstić information content (AvgIpc) is 2.93. The SMILES string of the molecule is Cc1cc(C(=O)Nc2nc3c(s2)CC(C)CC3)nn1C. The van der Waals surface area contributed by atoms with Crippen LogP contribution in [0, 0.1) is 12.8 Å². The van der Waals surface area contributed by atoms with Crippen molar-refractivity contribution in [2.24, 2.45) is 13.0 Å². The highest BCUT2D eigenvalue weighted by atomic mass is 32.1. The number of aryl methyl sites for hydroxylation is 3. The second-order valence-corrected chi connectivity index (χ2v) is 6.57. The second-order valence-electron chi connectivity index (χ2n) is 5.49. The molecule has 1 aliphatic carbocycles. The second kappa shape index (κ2) is 5.01. The van der Waals surface area contributed by atoms with E-state index in [0.717, 1.165) is 24.2 Å². The van der Waals surface area contributed by atoms with E-state index in [1.165, 1.54) is 11.3 Å². The Labute approximate surface area is 122 Å². The normalized spacial score (nSPS) is 17.9. The molecule has 0 fully saturated rings. The maximum Gasteiger partial charge on any atom is 0.277 e. The van der Waals surface area contributed by atoms with E-state index in [0.29, 0.717) is 16.7 Å². The van der Waals surface area contributed by atoms with Gasteiger partial charge in [-0.3, -0.25) is 14.8 Å². The molecule has 2 aromatic rings. The molecule has 0 saturated heterocycles. The third-order valence-corrected chi connectivity index (χ3v) is 4.79. The summed E-state index contributed by atoms with van der Waals surface area (Å²) in [5.41, 5.74) is 2.55. The van der Waals surface area contributed by atoms with E-state index in [2.05, 4.69) is 22.3 Å². The van der Waals surface area contributed by atoms with Gasteiger partial charge in [0.15, 0.2) is 10.8 Å². The molecular weight excluding hydrogens is 272 g/mol. The molecule has 0 bridgehead atoms. The Hall–Kier alpha value is -1.69. The van der Waals surface area contributed by atoms with Crippen molar-refractivity contribution in [1.29, 1.82) is 0 Å². The molecule has 6 heteroatoms. The summed E-state index contributed by atoms with van der Waals surface area (Å²) in [6.45, 7) is 4.19. The predicted octanol–water partition coefficient (Wildman–Crippen LogP) is 2.56. The number of anilines is 1. The molecule has 0 saturated carbocycles. The number of hydrogen-bond donors (Lipinski definition) is 1. The molecule has 0 aliphatic heterocycles. The molecule has 2 aromatic heterocycles. The lowest BCUT2D eigenvalue weighted by Gasteiger charge is -2.15. The number of thiazole rings is 1. The first kappa shape index (κ1) is 13.3. The molecule has 1 amide bonds. The Morgan fingerprint density at radius 3 is 3.05 bits per heavy atom. The van der Waals surface area contributed by atoms with Crippen LogP contribution in [0.4, 0.5) is 5.13 Å². The van der Waals surface area contributed by atoms with Gasteiger partial charge in [0.2, 0.25) is 0 Å². The van der Waals surface area contributed by atoms with Crippen LogP contribution in [0.5, 0.6) is 0 Å². The zero-order valence-electron chi connectivity index (χ0n) is 11.9. The van der Waals surface area contributed by atoms with Crippen LogP contribution in [-0.4, -0.2) is 20.7 Å². The number of aromatic nitrogens is 3. The lowest BCUT2D eigenvalue weighted by atomic mass is 9.93. The van der Waals surface area contributed by atoms with E-state index < -0.39 is 0 Å². The molecular formula is C14H18N4OS. The fraction of sp³-hybridized carbons (Fsp3) is 0.500. The fourth-order valence-corrected chi connectivity index (χ4v) is 3.59. The highest BCUT2D eigenvalue weighted by Crippen LogP contribution is 2.32. The number of fused-ring (bicyclic) bond motifs is 1. The first-order valence-electron chi connectivity index (χ1n) is 6.83. The van der Waals surface area contributed by atoms with Crippen LogP contribution < -0.4 is 5.32 Å². The quantitative estimate of drug-likeness (QED) is 0.924. The molecule has 0 radical (unpaired) electrons. The zero-order chi connectivity index (χ0) is 14.3. The number of hydrogen-bond acceptors (Lipinski definition) is 4. The van der Waals surface area contributed by atoms with Crippen molar-refractivity contribution in [3.05, 3.63) is 28.0 Å². The summed E-state index contributed by atoms with van der Waals surface area (Å²) in [5.74, 6) is 0.526. The van der Waals surface area contributed by atoms with Gasteiger partial charge in [-0.1, -0.05) is 6.92 Å². The maximum absolute atomic E-state index is 12.1. The van der Waals surface area contributed by atoms with Crippen LogP contribution in [0.25, 0.3) is 0 Å². The summed E-state index contributed by atoms with van der Waals surface area (Å²) in [7, 11) is 1.83. The van der Waals surface area contributed by atoms with Gasteiger partial charge in [-0.15, -0.1) is 11.3 Å². The molecule has 1 unspecified atom stereocenters.